The second-order valence-corrected chi connectivity index (χ2v) is 13.1. The number of nitrogens with zero attached hydrogens (tertiary/aromatic N) is 7. The van der Waals surface area contributed by atoms with Crippen LogP contribution in [0.2, 0.25) is 0 Å². The molecule has 0 saturated carbocycles. The number of aromatic nitrogens is 6. The van der Waals surface area contributed by atoms with Gasteiger partial charge in [-0.2, -0.15) is 0 Å². The third-order valence-electron chi connectivity index (χ3n) is 9.27. The zero-order chi connectivity index (χ0) is 38.4. The standard InChI is InChI=1S/C49H31N7O/c1-50-40-23-13-21-38(31-40)33-27-29-37(30-28-33)47-52-46(36-19-9-4-10-20-36)55-49(56-47)42-25-11-12-26-43(42)57-41-24-14-22-39(32-41)48-53-44(34-15-5-2-6-16-34)51-45(54-48)35-17-7-3-8-18-35/h2-32H. The highest BCUT2D eigenvalue weighted by molar-refractivity contribution is 5.74. The molecule has 8 heteroatoms. The van der Waals surface area contributed by atoms with Crippen molar-refractivity contribution in [3.8, 4) is 91.0 Å². The summed E-state index contributed by atoms with van der Waals surface area (Å²) in [6.45, 7) is 7.41. The predicted octanol–water partition coefficient (Wildman–Crippen LogP) is 12.1. The van der Waals surface area contributed by atoms with Crippen molar-refractivity contribution < 1.29 is 4.74 Å². The molecule has 0 bridgehead atoms. The molecule has 2 heterocycles. The molecular weight excluding hydrogens is 703 g/mol. The van der Waals surface area contributed by atoms with Gasteiger partial charge in [0.15, 0.2) is 40.6 Å². The van der Waals surface area contributed by atoms with E-state index in [2.05, 4.69) is 4.85 Å². The molecule has 0 aliphatic heterocycles. The van der Waals surface area contributed by atoms with E-state index >= 15 is 0 Å². The second kappa shape index (κ2) is 15.7. The fraction of sp³-hybridized carbons (Fsp3) is 0. The van der Waals surface area contributed by atoms with Gasteiger partial charge in [-0.3, -0.25) is 0 Å². The molecule has 2 aromatic heterocycles. The van der Waals surface area contributed by atoms with Gasteiger partial charge in [0.05, 0.1) is 12.1 Å². The zero-order valence-electron chi connectivity index (χ0n) is 30.4. The lowest BCUT2D eigenvalue weighted by Crippen LogP contribution is -2.01. The first-order valence-corrected chi connectivity index (χ1v) is 18.3. The normalized spacial score (nSPS) is 10.8. The Bertz CT molecular complexity index is 2820. The maximum Gasteiger partial charge on any atom is 0.187 e. The van der Waals surface area contributed by atoms with Crippen LogP contribution < -0.4 is 4.74 Å². The van der Waals surface area contributed by atoms with E-state index in [1.807, 2.05) is 182 Å². The monoisotopic (exact) mass is 733 g/mol. The van der Waals surface area contributed by atoms with Crippen LogP contribution in [0.5, 0.6) is 11.5 Å². The summed E-state index contributed by atoms with van der Waals surface area (Å²) in [5.74, 6) is 4.40. The van der Waals surface area contributed by atoms with Gasteiger partial charge >= 0.3 is 0 Å². The third-order valence-corrected chi connectivity index (χ3v) is 9.27. The fourth-order valence-corrected chi connectivity index (χ4v) is 6.41. The van der Waals surface area contributed by atoms with E-state index in [-0.39, 0.29) is 0 Å². The van der Waals surface area contributed by atoms with Crippen LogP contribution in [-0.4, -0.2) is 29.9 Å². The minimum atomic E-state index is 0.469. The summed E-state index contributed by atoms with van der Waals surface area (Å²) in [4.78, 5) is 33.1. The minimum absolute atomic E-state index is 0.469. The Morgan fingerprint density at radius 2 is 0.754 bits per heavy atom. The van der Waals surface area contributed by atoms with E-state index in [4.69, 9.17) is 41.2 Å². The van der Waals surface area contributed by atoms with E-state index in [9.17, 15) is 0 Å². The molecular formula is C49H31N7O. The van der Waals surface area contributed by atoms with E-state index in [0.29, 0.717) is 57.7 Å². The molecule has 0 unspecified atom stereocenters. The summed E-state index contributed by atoms with van der Waals surface area (Å²) in [5, 5.41) is 0. The third kappa shape index (κ3) is 7.63. The van der Waals surface area contributed by atoms with Crippen LogP contribution in [0.3, 0.4) is 0 Å². The molecule has 7 aromatic carbocycles. The summed E-state index contributed by atoms with van der Waals surface area (Å²) in [6.07, 6.45) is 0. The molecule has 0 atom stereocenters. The average Bonchev–Trinajstić information content (AvgIpc) is 3.30. The summed E-state index contributed by atoms with van der Waals surface area (Å²) < 4.78 is 6.64. The molecule has 0 fully saturated rings. The van der Waals surface area contributed by atoms with Crippen molar-refractivity contribution in [1.82, 2.24) is 29.9 Å². The van der Waals surface area contributed by atoms with E-state index in [1.54, 1.807) is 6.07 Å². The van der Waals surface area contributed by atoms with Crippen LogP contribution in [0.4, 0.5) is 5.69 Å². The number of hydrogen-bond acceptors (Lipinski definition) is 7. The highest BCUT2D eigenvalue weighted by Gasteiger charge is 2.17. The summed E-state index contributed by atoms with van der Waals surface area (Å²) in [6, 6.07) is 60.7. The lowest BCUT2D eigenvalue weighted by Gasteiger charge is -2.13. The number of hydrogen-bond donors (Lipinski definition) is 0. The summed E-state index contributed by atoms with van der Waals surface area (Å²) in [5.41, 5.74) is 7.52. The second-order valence-electron chi connectivity index (χ2n) is 13.1. The van der Waals surface area contributed by atoms with Crippen LogP contribution in [0.1, 0.15) is 0 Å². The molecule has 0 radical (unpaired) electrons. The first-order chi connectivity index (χ1) is 28.2. The van der Waals surface area contributed by atoms with Crippen LogP contribution >= 0.6 is 0 Å². The Kier molecular flexibility index (Phi) is 9.52. The average molecular weight is 734 g/mol. The summed E-state index contributed by atoms with van der Waals surface area (Å²) in [7, 11) is 0. The zero-order valence-corrected chi connectivity index (χ0v) is 30.4. The van der Waals surface area contributed by atoms with Crippen molar-refractivity contribution in [1.29, 1.82) is 0 Å². The Labute approximate surface area is 329 Å². The molecule has 0 aliphatic rings. The molecule has 0 N–H and O–H groups in total. The molecule has 0 saturated heterocycles. The van der Waals surface area contributed by atoms with Gasteiger partial charge in [-0.25, -0.2) is 34.7 Å². The lowest BCUT2D eigenvalue weighted by atomic mass is 10.0. The van der Waals surface area contributed by atoms with Crippen molar-refractivity contribution >= 4 is 5.69 Å². The lowest BCUT2D eigenvalue weighted by molar-refractivity contribution is 0.484. The molecule has 57 heavy (non-hydrogen) atoms. The minimum Gasteiger partial charge on any atom is -0.457 e. The first-order valence-electron chi connectivity index (χ1n) is 18.3. The van der Waals surface area contributed by atoms with Gasteiger partial charge in [-0.05, 0) is 41.5 Å². The highest BCUT2D eigenvalue weighted by atomic mass is 16.5. The van der Waals surface area contributed by atoms with Gasteiger partial charge in [0.25, 0.3) is 0 Å². The quantitative estimate of drug-likeness (QED) is 0.136. The van der Waals surface area contributed by atoms with Gasteiger partial charge in [0, 0.05) is 27.8 Å². The van der Waals surface area contributed by atoms with Crippen molar-refractivity contribution in [2.24, 2.45) is 0 Å². The Morgan fingerprint density at radius 1 is 0.333 bits per heavy atom. The first kappa shape index (κ1) is 34.6. The Morgan fingerprint density at radius 3 is 1.32 bits per heavy atom. The Hall–Kier alpha value is -8.15. The SMILES string of the molecule is [C-]#[N+]c1cccc(-c2ccc(-c3nc(-c4ccccc4)nc(-c4ccccc4Oc4cccc(-c5nc(-c6ccccc6)nc(-c6ccccc6)n5)c4)n3)cc2)c1. The maximum absolute atomic E-state index is 7.41. The summed E-state index contributed by atoms with van der Waals surface area (Å²) >= 11 is 0. The maximum atomic E-state index is 7.41. The van der Waals surface area contributed by atoms with E-state index < -0.39 is 0 Å². The van der Waals surface area contributed by atoms with Gasteiger partial charge < -0.3 is 4.74 Å². The highest BCUT2D eigenvalue weighted by Crippen LogP contribution is 2.35. The molecule has 9 aromatic rings. The molecule has 0 aliphatic carbocycles. The van der Waals surface area contributed by atoms with Crippen molar-refractivity contribution in [2.75, 3.05) is 0 Å². The van der Waals surface area contributed by atoms with Crippen LogP contribution in [-0.2, 0) is 0 Å². The van der Waals surface area contributed by atoms with Crippen molar-refractivity contribution in [2.45, 2.75) is 0 Å². The number of para-hydroxylation sites is 1. The molecule has 268 valence electrons. The van der Waals surface area contributed by atoms with Gasteiger partial charge in [0.2, 0.25) is 0 Å². The van der Waals surface area contributed by atoms with Gasteiger partial charge in [-0.15, -0.1) is 0 Å². The van der Waals surface area contributed by atoms with E-state index in [0.717, 1.165) is 38.9 Å². The molecule has 8 nitrogen and oxygen atoms in total. The smallest absolute Gasteiger partial charge is 0.187 e. The topological polar surface area (TPSA) is 90.9 Å². The van der Waals surface area contributed by atoms with Crippen LogP contribution in [0.25, 0.3) is 84.3 Å². The van der Waals surface area contributed by atoms with Crippen LogP contribution in [0.15, 0.2) is 188 Å². The van der Waals surface area contributed by atoms with E-state index in [1.165, 1.54) is 0 Å². The Balaban J connectivity index is 1.08. The number of benzene rings is 7. The number of ether oxygens (including phenoxy) is 1. The fourth-order valence-electron chi connectivity index (χ4n) is 6.41. The molecule has 9 rings (SSSR count). The van der Waals surface area contributed by atoms with Crippen LogP contribution in [0, 0.1) is 6.57 Å². The molecule has 0 spiro atoms. The largest absolute Gasteiger partial charge is 0.457 e. The van der Waals surface area contributed by atoms with Gasteiger partial charge in [-0.1, -0.05) is 158 Å². The molecule has 0 amide bonds. The number of rotatable bonds is 9. The predicted molar refractivity (Wildman–Crippen MR) is 224 cm³/mol. The van der Waals surface area contributed by atoms with Crippen molar-refractivity contribution in [3.05, 3.63) is 199 Å². The van der Waals surface area contributed by atoms with Gasteiger partial charge in [0.1, 0.15) is 11.5 Å². The van der Waals surface area contributed by atoms with Crippen molar-refractivity contribution in [3.63, 3.8) is 0 Å².